The maximum Gasteiger partial charge on any atom is 0.161 e. The second-order valence-corrected chi connectivity index (χ2v) is 8.77. The molecule has 4 atom stereocenters. The number of likely N-dealkylation sites (tertiary alicyclic amines) is 1. The first-order chi connectivity index (χ1) is 14.6. The Balaban J connectivity index is 1.63. The minimum atomic E-state index is -0.570. The van der Waals surface area contributed by atoms with E-state index in [9.17, 15) is 10.2 Å². The number of rotatable bonds is 6. The highest BCUT2D eigenvalue weighted by Gasteiger charge is 2.51. The number of hydrogen-bond donors (Lipinski definition) is 3. The van der Waals surface area contributed by atoms with Crippen LogP contribution in [0.3, 0.4) is 0 Å². The molecular weight excluding hydrogens is 374 g/mol. The van der Waals surface area contributed by atoms with Gasteiger partial charge < -0.3 is 19.8 Å². The molecule has 1 unspecified atom stereocenters. The molecule has 2 aromatic rings. The summed E-state index contributed by atoms with van der Waals surface area (Å²) >= 11 is 0. The summed E-state index contributed by atoms with van der Waals surface area (Å²) in [4.78, 5) is 1.48. The Morgan fingerprint density at radius 1 is 1.13 bits per heavy atom. The molecule has 4 rings (SSSR count). The van der Waals surface area contributed by atoms with Crippen molar-refractivity contribution in [3.05, 3.63) is 65.7 Å². The summed E-state index contributed by atoms with van der Waals surface area (Å²) in [6, 6.07) is 16.3. The van der Waals surface area contributed by atoms with Crippen molar-refractivity contribution in [3.63, 3.8) is 0 Å². The number of quaternary nitrogens is 1. The molecule has 0 spiro atoms. The molecule has 1 saturated carbocycles. The van der Waals surface area contributed by atoms with Gasteiger partial charge in [-0.25, -0.2) is 0 Å². The van der Waals surface area contributed by atoms with Gasteiger partial charge in [0.1, 0.15) is 6.04 Å². The van der Waals surface area contributed by atoms with Crippen LogP contribution in [0.1, 0.15) is 56.2 Å². The Kier molecular flexibility index (Phi) is 6.45. The number of phenolic OH excluding ortho intramolecular Hbond substituents is 1. The van der Waals surface area contributed by atoms with Gasteiger partial charge in [-0.2, -0.15) is 0 Å². The van der Waals surface area contributed by atoms with Crippen LogP contribution in [0.5, 0.6) is 11.5 Å². The lowest BCUT2D eigenvalue weighted by atomic mass is 9.66. The van der Waals surface area contributed by atoms with Gasteiger partial charge in [-0.3, -0.25) is 0 Å². The number of aliphatic hydroxyl groups is 1. The smallest absolute Gasteiger partial charge is 0.161 e. The molecular formula is C26H34NO3+. The van der Waals surface area contributed by atoms with E-state index in [4.69, 9.17) is 4.74 Å². The van der Waals surface area contributed by atoms with Crippen molar-refractivity contribution >= 4 is 6.08 Å². The number of phenols is 1. The van der Waals surface area contributed by atoms with Gasteiger partial charge in [0.2, 0.25) is 0 Å². The molecule has 2 aliphatic rings. The minimum absolute atomic E-state index is 0.181. The fourth-order valence-electron chi connectivity index (χ4n) is 5.46. The maximum atomic E-state index is 11.5. The van der Waals surface area contributed by atoms with Crippen LogP contribution in [0, 0.1) is 5.92 Å². The number of piperidine rings is 1. The Bertz CT molecular complexity index is 866. The van der Waals surface area contributed by atoms with Gasteiger partial charge in [0, 0.05) is 17.9 Å². The normalized spacial score (nSPS) is 28.9. The first kappa shape index (κ1) is 21.0. The number of hydrogen-bond acceptors (Lipinski definition) is 3. The van der Waals surface area contributed by atoms with E-state index in [0.717, 1.165) is 44.3 Å². The minimum Gasteiger partial charge on any atom is -0.504 e. The molecule has 1 aliphatic carbocycles. The summed E-state index contributed by atoms with van der Waals surface area (Å²) in [6.07, 6.45) is 9.55. The fraction of sp³-hybridized carbons (Fsp3) is 0.462. The molecule has 0 bridgehead atoms. The number of ether oxygens (including phenoxy) is 1. The molecule has 1 heterocycles. The van der Waals surface area contributed by atoms with E-state index in [0.29, 0.717) is 12.4 Å². The van der Waals surface area contributed by atoms with Gasteiger partial charge in [-0.15, -0.1) is 0 Å². The third-order valence-corrected chi connectivity index (χ3v) is 6.92. The predicted molar refractivity (Wildman–Crippen MR) is 120 cm³/mol. The largest absolute Gasteiger partial charge is 0.504 e. The molecule has 0 radical (unpaired) electrons. The molecule has 2 fully saturated rings. The Labute approximate surface area is 179 Å². The lowest BCUT2D eigenvalue weighted by Gasteiger charge is -2.50. The van der Waals surface area contributed by atoms with E-state index >= 15 is 0 Å². The molecule has 1 aliphatic heterocycles. The molecule has 3 N–H and O–H groups in total. The van der Waals surface area contributed by atoms with Gasteiger partial charge in [-0.1, -0.05) is 49.2 Å². The van der Waals surface area contributed by atoms with E-state index < -0.39 is 5.60 Å². The lowest BCUT2D eigenvalue weighted by molar-refractivity contribution is -0.939. The molecule has 2 aromatic carbocycles. The quantitative estimate of drug-likeness (QED) is 0.682. The van der Waals surface area contributed by atoms with E-state index in [1.807, 2.05) is 25.1 Å². The highest BCUT2D eigenvalue weighted by Crippen LogP contribution is 2.45. The average molecular weight is 409 g/mol. The van der Waals surface area contributed by atoms with Gasteiger partial charge in [0.15, 0.2) is 11.5 Å². The van der Waals surface area contributed by atoms with E-state index in [-0.39, 0.29) is 17.7 Å². The van der Waals surface area contributed by atoms with Crippen molar-refractivity contribution in [2.75, 3.05) is 19.7 Å². The third-order valence-electron chi connectivity index (χ3n) is 6.92. The van der Waals surface area contributed by atoms with Crippen molar-refractivity contribution in [2.24, 2.45) is 5.92 Å². The predicted octanol–water partition coefficient (Wildman–Crippen LogP) is 3.76. The van der Waals surface area contributed by atoms with Crippen molar-refractivity contribution in [1.29, 1.82) is 0 Å². The number of aromatic hydroxyl groups is 1. The third kappa shape index (κ3) is 4.40. The fourth-order valence-corrected chi connectivity index (χ4v) is 5.46. The van der Waals surface area contributed by atoms with Crippen LogP contribution in [0.15, 0.2) is 54.6 Å². The van der Waals surface area contributed by atoms with Crippen molar-refractivity contribution in [2.45, 2.75) is 50.7 Å². The summed E-state index contributed by atoms with van der Waals surface area (Å²) in [5.41, 5.74) is 1.80. The molecule has 30 heavy (non-hydrogen) atoms. The first-order valence-corrected chi connectivity index (χ1v) is 11.3. The Hall–Kier alpha value is -2.30. The second-order valence-electron chi connectivity index (χ2n) is 8.77. The zero-order valence-electron chi connectivity index (χ0n) is 17.9. The van der Waals surface area contributed by atoms with Crippen LogP contribution in [-0.4, -0.2) is 35.5 Å². The van der Waals surface area contributed by atoms with Gasteiger partial charge in [0.25, 0.3) is 0 Å². The summed E-state index contributed by atoms with van der Waals surface area (Å²) in [5.74, 6) is 0.957. The molecule has 1 saturated heterocycles. The molecule has 160 valence electrons. The van der Waals surface area contributed by atoms with Crippen LogP contribution in [0.25, 0.3) is 6.08 Å². The standard InChI is InChI=1S/C26H33NO3/c1-2-30-24-19-21(13-14-23(24)28)25-22-12-6-7-15-26(22,29)16-18-27(25)17-8-11-20-9-4-3-5-10-20/h3-5,8-11,13-14,19,22,25,28-29H,2,6-7,12,15-18H2,1H3/p+1/b11-8+/t22-,25+,26+/m0/s1. The van der Waals surface area contributed by atoms with E-state index in [1.165, 1.54) is 16.9 Å². The van der Waals surface area contributed by atoms with Gasteiger partial charge >= 0.3 is 0 Å². The maximum absolute atomic E-state index is 11.5. The highest BCUT2D eigenvalue weighted by atomic mass is 16.5. The summed E-state index contributed by atoms with van der Waals surface area (Å²) in [7, 11) is 0. The zero-order chi connectivity index (χ0) is 21.0. The van der Waals surface area contributed by atoms with Crippen molar-refractivity contribution < 1.29 is 19.8 Å². The average Bonchev–Trinajstić information content (AvgIpc) is 2.76. The van der Waals surface area contributed by atoms with Crippen LogP contribution in [0.4, 0.5) is 0 Å². The summed E-state index contributed by atoms with van der Waals surface area (Å²) in [6.45, 7) is 4.31. The topological polar surface area (TPSA) is 54.1 Å². The first-order valence-electron chi connectivity index (χ1n) is 11.3. The molecule has 0 aromatic heterocycles. The summed E-state index contributed by atoms with van der Waals surface area (Å²) in [5, 5.41) is 21.6. The lowest BCUT2D eigenvalue weighted by Crippen LogP contribution is -3.14. The molecule has 4 heteroatoms. The highest BCUT2D eigenvalue weighted by molar-refractivity contribution is 5.48. The summed E-state index contributed by atoms with van der Waals surface area (Å²) < 4.78 is 5.67. The monoisotopic (exact) mass is 408 g/mol. The van der Waals surface area contributed by atoms with Crippen LogP contribution >= 0.6 is 0 Å². The Morgan fingerprint density at radius 3 is 2.77 bits per heavy atom. The SMILES string of the molecule is CCOc1cc([C@@H]2[C@@H]3CCCC[C@@]3(O)CC[NH+]2C/C=C/c2ccccc2)ccc1O. The second kappa shape index (κ2) is 9.23. The molecule has 0 amide bonds. The Morgan fingerprint density at radius 2 is 1.97 bits per heavy atom. The van der Waals surface area contributed by atoms with E-state index in [2.05, 4.69) is 36.4 Å². The van der Waals surface area contributed by atoms with Gasteiger partial charge in [-0.05, 0) is 49.6 Å². The van der Waals surface area contributed by atoms with Crippen molar-refractivity contribution in [3.8, 4) is 11.5 Å². The number of fused-ring (bicyclic) bond motifs is 1. The van der Waals surface area contributed by atoms with Crippen LogP contribution < -0.4 is 9.64 Å². The van der Waals surface area contributed by atoms with Crippen LogP contribution in [-0.2, 0) is 0 Å². The number of nitrogens with one attached hydrogen (secondary N) is 1. The van der Waals surface area contributed by atoms with E-state index in [1.54, 1.807) is 6.07 Å². The number of benzene rings is 2. The molecule has 4 nitrogen and oxygen atoms in total. The van der Waals surface area contributed by atoms with Gasteiger partial charge in [0.05, 0.1) is 25.3 Å². The van der Waals surface area contributed by atoms with Crippen LogP contribution in [0.2, 0.25) is 0 Å². The zero-order valence-corrected chi connectivity index (χ0v) is 17.9. The van der Waals surface area contributed by atoms with Crippen molar-refractivity contribution in [1.82, 2.24) is 0 Å².